The van der Waals surface area contributed by atoms with E-state index in [-0.39, 0.29) is 5.91 Å². The van der Waals surface area contributed by atoms with Crippen LogP contribution in [0.5, 0.6) is 0 Å². The number of halogens is 1. The third kappa shape index (κ3) is 2.22. The van der Waals surface area contributed by atoms with Crippen LogP contribution in [-0.4, -0.2) is 19.5 Å². The van der Waals surface area contributed by atoms with Gasteiger partial charge < -0.3 is 10.6 Å². The number of nitrogens with one attached hydrogen (secondary N) is 2. The number of rotatable bonds is 3. The molecule has 3 nitrogen and oxygen atoms in total. The lowest BCUT2D eigenvalue weighted by Gasteiger charge is -2.05. The van der Waals surface area contributed by atoms with E-state index in [1.807, 2.05) is 6.92 Å². The maximum atomic E-state index is 13.2. The summed E-state index contributed by atoms with van der Waals surface area (Å²) < 4.78 is 13.2. The topological polar surface area (TPSA) is 41.1 Å². The molecule has 0 spiro atoms. The average molecular weight is 196 g/mol. The van der Waals surface area contributed by atoms with Crippen LogP contribution in [0.4, 0.5) is 10.1 Å². The molecule has 0 saturated heterocycles. The predicted molar refractivity (Wildman–Crippen MR) is 54.0 cm³/mol. The first kappa shape index (κ1) is 10.5. The van der Waals surface area contributed by atoms with Gasteiger partial charge in [-0.3, -0.25) is 4.79 Å². The van der Waals surface area contributed by atoms with Crippen molar-refractivity contribution in [2.24, 2.45) is 0 Å². The van der Waals surface area contributed by atoms with Crippen LogP contribution in [0.3, 0.4) is 0 Å². The van der Waals surface area contributed by atoms with Crippen LogP contribution in [0, 0.1) is 5.82 Å². The van der Waals surface area contributed by atoms with Gasteiger partial charge in [-0.25, -0.2) is 4.39 Å². The minimum Gasteiger partial charge on any atom is -0.386 e. The number of amides is 1. The Hall–Kier alpha value is -1.58. The highest BCUT2D eigenvalue weighted by molar-refractivity contribution is 5.94. The molecule has 0 aliphatic heterocycles. The van der Waals surface area contributed by atoms with E-state index in [9.17, 15) is 9.18 Å². The lowest BCUT2D eigenvalue weighted by Crippen LogP contribution is -2.22. The molecule has 2 N–H and O–H groups in total. The first-order valence-electron chi connectivity index (χ1n) is 4.44. The number of carbonyl (C=O) groups excluding carboxylic acids is 1. The maximum absolute atomic E-state index is 13.2. The molecule has 0 radical (unpaired) electrons. The summed E-state index contributed by atoms with van der Waals surface area (Å²) in [5, 5.41) is 5.29. The highest BCUT2D eigenvalue weighted by atomic mass is 19.1. The smallest absolute Gasteiger partial charge is 0.251 e. The molecule has 0 aliphatic rings. The fourth-order valence-electron chi connectivity index (χ4n) is 1.12. The van der Waals surface area contributed by atoms with Crippen LogP contribution in [0.2, 0.25) is 0 Å². The minimum atomic E-state index is -0.420. The summed E-state index contributed by atoms with van der Waals surface area (Å²) in [7, 11) is 1.63. The van der Waals surface area contributed by atoms with Crippen LogP contribution in [0.25, 0.3) is 0 Å². The molecule has 0 heterocycles. The van der Waals surface area contributed by atoms with E-state index in [1.165, 1.54) is 6.07 Å². The van der Waals surface area contributed by atoms with Crippen molar-refractivity contribution in [3.8, 4) is 0 Å². The third-order valence-corrected chi connectivity index (χ3v) is 1.84. The molecule has 0 aliphatic carbocycles. The van der Waals surface area contributed by atoms with Crippen molar-refractivity contribution in [1.29, 1.82) is 0 Å². The normalized spacial score (nSPS) is 9.64. The lowest BCUT2D eigenvalue weighted by atomic mass is 10.2. The van der Waals surface area contributed by atoms with E-state index < -0.39 is 5.82 Å². The van der Waals surface area contributed by atoms with Crippen molar-refractivity contribution in [3.05, 3.63) is 29.6 Å². The summed E-state index contributed by atoms with van der Waals surface area (Å²) in [6.07, 6.45) is 0. The molecular formula is C10H13FN2O. The Bertz CT molecular complexity index is 339. The molecule has 1 aromatic carbocycles. The minimum absolute atomic E-state index is 0.256. The zero-order valence-corrected chi connectivity index (χ0v) is 8.23. The molecule has 0 fully saturated rings. The van der Waals surface area contributed by atoms with Gasteiger partial charge in [0.1, 0.15) is 5.82 Å². The van der Waals surface area contributed by atoms with Gasteiger partial charge in [0.05, 0.1) is 5.69 Å². The van der Waals surface area contributed by atoms with Gasteiger partial charge in [-0.1, -0.05) is 0 Å². The van der Waals surface area contributed by atoms with Crippen molar-refractivity contribution in [2.75, 3.05) is 18.9 Å². The van der Waals surface area contributed by atoms with Gasteiger partial charge in [0.25, 0.3) is 5.91 Å². The van der Waals surface area contributed by atoms with Gasteiger partial charge in [0, 0.05) is 19.2 Å². The van der Waals surface area contributed by atoms with Gasteiger partial charge in [-0.05, 0) is 25.1 Å². The van der Waals surface area contributed by atoms with E-state index in [0.717, 1.165) is 0 Å². The molecular weight excluding hydrogens is 183 g/mol. The first-order chi connectivity index (χ1) is 6.69. The van der Waals surface area contributed by atoms with Gasteiger partial charge in [0.2, 0.25) is 0 Å². The molecule has 1 rings (SSSR count). The van der Waals surface area contributed by atoms with Gasteiger partial charge in [0.15, 0.2) is 0 Å². The summed E-state index contributed by atoms with van der Waals surface area (Å²) in [5.41, 5.74) is 0.724. The van der Waals surface area contributed by atoms with Gasteiger partial charge >= 0.3 is 0 Å². The largest absolute Gasteiger partial charge is 0.386 e. The quantitative estimate of drug-likeness (QED) is 0.771. The van der Waals surface area contributed by atoms with Crippen LogP contribution in [0.1, 0.15) is 17.3 Å². The van der Waals surface area contributed by atoms with E-state index in [4.69, 9.17) is 0 Å². The van der Waals surface area contributed by atoms with Gasteiger partial charge in [-0.2, -0.15) is 0 Å². The number of hydrogen-bond donors (Lipinski definition) is 2. The molecule has 0 aromatic heterocycles. The lowest BCUT2D eigenvalue weighted by molar-refractivity contribution is 0.0955. The Balaban J connectivity index is 2.91. The monoisotopic (exact) mass is 196 g/mol. The molecule has 0 unspecified atom stereocenters. The number of hydrogen-bond acceptors (Lipinski definition) is 2. The average Bonchev–Trinajstić information content (AvgIpc) is 2.18. The van der Waals surface area contributed by atoms with E-state index in [2.05, 4.69) is 10.6 Å². The molecule has 4 heteroatoms. The Morgan fingerprint density at radius 2 is 2.21 bits per heavy atom. The maximum Gasteiger partial charge on any atom is 0.251 e. The molecule has 1 amide bonds. The zero-order chi connectivity index (χ0) is 10.6. The number of anilines is 1. The molecule has 1 aromatic rings. The zero-order valence-electron chi connectivity index (χ0n) is 8.23. The number of benzene rings is 1. The fraction of sp³-hybridized carbons (Fsp3) is 0.300. The summed E-state index contributed by atoms with van der Waals surface area (Å²) in [4.78, 5) is 11.3. The van der Waals surface area contributed by atoms with E-state index >= 15 is 0 Å². The SMILES string of the molecule is CCNC(=O)c1ccc(NC)c(F)c1. The Morgan fingerprint density at radius 1 is 1.50 bits per heavy atom. The van der Waals surface area contributed by atoms with Crippen LogP contribution in [0.15, 0.2) is 18.2 Å². The van der Waals surface area contributed by atoms with Crippen LogP contribution in [-0.2, 0) is 0 Å². The van der Waals surface area contributed by atoms with Crippen molar-refractivity contribution >= 4 is 11.6 Å². The van der Waals surface area contributed by atoms with E-state index in [0.29, 0.717) is 17.8 Å². The molecule has 0 bridgehead atoms. The predicted octanol–water partition coefficient (Wildman–Crippen LogP) is 1.62. The molecule has 0 atom stereocenters. The summed E-state index contributed by atoms with van der Waals surface area (Å²) in [5.74, 6) is -0.676. The molecule has 76 valence electrons. The van der Waals surface area contributed by atoms with Crippen molar-refractivity contribution in [3.63, 3.8) is 0 Å². The standard InChI is InChI=1S/C10H13FN2O/c1-3-13-10(14)7-4-5-9(12-2)8(11)6-7/h4-6,12H,3H2,1-2H3,(H,13,14). The third-order valence-electron chi connectivity index (χ3n) is 1.84. The summed E-state index contributed by atoms with van der Waals surface area (Å²) in [6, 6.07) is 4.34. The van der Waals surface area contributed by atoms with Crippen molar-refractivity contribution < 1.29 is 9.18 Å². The van der Waals surface area contributed by atoms with Crippen LogP contribution >= 0.6 is 0 Å². The Labute approximate surface area is 82.3 Å². The first-order valence-corrected chi connectivity index (χ1v) is 4.44. The Morgan fingerprint density at radius 3 is 2.71 bits per heavy atom. The van der Waals surface area contributed by atoms with Crippen molar-refractivity contribution in [2.45, 2.75) is 6.92 Å². The summed E-state index contributed by atoms with van der Waals surface area (Å²) >= 11 is 0. The fourth-order valence-corrected chi connectivity index (χ4v) is 1.12. The van der Waals surface area contributed by atoms with Crippen molar-refractivity contribution in [1.82, 2.24) is 5.32 Å². The second kappa shape index (κ2) is 4.60. The second-order valence-electron chi connectivity index (χ2n) is 2.80. The second-order valence-corrected chi connectivity index (χ2v) is 2.80. The van der Waals surface area contributed by atoms with E-state index in [1.54, 1.807) is 19.2 Å². The highest BCUT2D eigenvalue weighted by Gasteiger charge is 2.07. The molecule has 14 heavy (non-hydrogen) atoms. The molecule has 0 saturated carbocycles. The number of carbonyl (C=O) groups is 1. The summed E-state index contributed by atoms with van der Waals surface area (Å²) in [6.45, 7) is 2.35. The van der Waals surface area contributed by atoms with Crippen LogP contribution < -0.4 is 10.6 Å². The van der Waals surface area contributed by atoms with Gasteiger partial charge in [-0.15, -0.1) is 0 Å². The highest BCUT2D eigenvalue weighted by Crippen LogP contribution is 2.14. The Kier molecular flexibility index (Phi) is 3.45.